The van der Waals surface area contributed by atoms with E-state index in [1.165, 1.54) is 12.1 Å². The van der Waals surface area contributed by atoms with Crippen molar-refractivity contribution < 1.29 is 9.13 Å². The van der Waals surface area contributed by atoms with Crippen LogP contribution in [0.25, 0.3) is 0 Å². The van der Waals surface area contributed by atoms with Crippen LogP contribution in [0.1, 0.15) is 6.92 Å². The molecule has 90 valence electrons. The Hall–Kier alpha value is -1.00. The summed E-state index contributed by atoms with van der Waals surface area (Å²) < 4.78 is 18.2. The number of methoxy groups -OCH3 is 1. The van der Waals surface area contributed by atoms with Gasteiger partial charge in [-0.3, -0.25) is 0 Å². The highest BCUT2D eigenvalue weighted by molar-refractivity contribution is 6.31. The molecule has 1 atom stereocenters. The van der Waals surface area contributed by atoms with Gasteiger partial charge in [-0.25, -0.2) is 4.39 Å². The molecule has 0 heterocycles. The number of hydrogen-bond acceptors (Lipinski definition) is 3. The van der Waals surface area contributed by atoms with Crippen molar-refractivity contribution in [1.29, 1.82) is 0 Å². The van der Waals surface area contributed by atoms with Crippen molar-refractivity contribution in [1.82, 2.24) is 0 Å². The molecule has 0 saturated heterocycles. The first-order chi connectivity index (χ1) is 7.54. The second-order valence-corrected chi connectivity index (χ2v) is 4.20. The predicted octanol–water partition coefficient (Wildman–Crippen LogP) is 2.76. The van der Waals surface area contributed by atoms with Gasteiger partial charge in [-0.15, -0.1) is 0 Å². The van der Waals surface area contributed by atoms with Crippen LogP contribution in [0.2, 0.25) is 5.02 Å². The fraction of sp³-hybridized carbons (Fsp3) is 0.455. The van der Waals surface area contributed by atoms with Crippen molar-refractivity contribution in [3.63, 3.8) is 0 Å². The molecular weight excluding hydrogens is 231 g/mol. The largest absolute Gasteiger partial charge is 0.397 e. The third-order valence-electron chi connectivity index (χ3n) is 2.18. The van der Waals surface area contributed by atoms with Crippen LogP contribution >= 0.6 is 11.6 Å². The van der Waals surface area contributed by atoms with Gasteiger partial charge in [0.05, 0.1) is 23.0 Å². The molecule has 1 aromatic rings. The zero-order chi connectivity index (χ0) is 12.1. The van der Waals surface area contributed by atoms with Crippen molar-refractivity contribution >= 4 is 23.0 Å². The molecular formula is C11H16ClFN2O. The summed E-state index contributed by atoms with van der Waals surface area (Å²) in [5, 5.41) is 3.10. The van der Waals surface area contributed by atoms with Crippen LogP contribution in [0.15, 0.2) is 12.1 Å². The van der Waals surface area contributed by atoms with Crippen LogP contribution in [0.3, 0.4) is 0 Å². The summed E-state index contributed by atoms with van der Waals surface area (Å²) in [4.78, 5) is 0. The maximum absolute atomic E-state index is 13.2. The normalized spacial score (nSPS) is 12.5. The highest BCUT2D eigenvalue weighted by atomic mass is 35.5. The SMILES string of the molecule is COCC(C)CNc1cc(F)c(Cl)cc1N. The minimum Gasteiger partial charge on any atom is -0.397 e. The van der Waals surface area contributed by atoms with Gasteiger partial charge in [-0.05, 0) is 12.0 Å². The molecule has 0 aromatic heterocycles. The second-order valence-electron chi connectivity index (χ2n) is 3.79. The van der Waals surface area contributed by atoms with E-state index in [0.29, 0.717) is 30.4 Å². The Morgan fingerprint density at radius 1 is 1.56 bits per heavy atom. The molecule has 1 rings (SSSR count). The van der Waals surface area contributed by atoms with E-state index in [0.717, 1.165) is 0 Å². The fourth-order valence-electron chi connectivity index (χ4n) is 1.34. The zero-order valence-corrected chi connectivity index (χ0v) is 10.1. The number of ether oxygens (including phenoxy) is 1. The molecule has 0 bridgehead atoms. The lowest BCUT2D eigenvalue weighted by molar-refractivity contribution is 0.164. The third-order valence-corrected chi connectivity index (χ3v) is 2.47. The molecule has 5 heteroatoms. The van der Waals surface area contributed by atoms with Crippen molar-refractivity contribution in [3.8, 4) is 0 Å². The molecule has 3 nitrogen and oxygen atoms in total. The molecule has 0 aliphatic carbocycles. The molecule has 0 aliphatic rings. The van der Waals surface area contributed by atoms with E-state index < -0.39 is 5.82 Å². The Labute approximate surface area is 99.7 Å². The van der Waals surface area contributed by atoms with Crippen molar-refractivity contribution in [2.75, 3.05) is 31.3 Å². The lowest BCUT2D eigenvalue weighted by Crippen LogP contribution is -2.16. The quantitative estimate of drug-likeness (QED) is 0.786. The number of anilines is 2. The highest BCUT2D eigenvalue weighted by Gasteiger charge is 2.07. The first-order valence-corrected chi connectivity index (χ1v) is 5.39. The Bertz CT molecular complexity index is 360. The number of benzene rings is 1. The van der Waals surface area contributed by atoms with Gasteiger partial charge >= 0.3 is 0 Å². The number of nitrogens with one attached hydrogen (secondary N) is 1. The van der Waals surface area contributed by atoms with Gasteiger partial charge in [0.2, 0.25) is 0 Å². The average molecular weight is 247 g/mol. The Morgan fingerprint density at radius 2 is 2.25 bits per heavy atom. The van der Waals surface area contributed by atoms with Crippen LogP contribution in [0, 0.1) is 11.7 Å². The Morgan fingerprint density at radius 3 is 2.88 bits per heavy atom. The Kier molecular flexibility index (Phi) is 4.83. The first-order valence-electron chi connectivity index (χ1n) is 5.02. The summed E-state index contributed by atoms with van der Waals surface area (Å²) in [6.07, 6.45) is 0. The van der Waals surface area contributed by atoms with Gasteiger partial charge < -0.3 is 15.8 Å². The van der Waals surface area contributed by atoms with Gasteiger partial charge in [0.15, 0.2) is 0 Å². The number of halogens is 2. The minimum absolute atomic E-state index is 0.0352. The van der Waals surface area contributed by atoms with E-state index in [1.807, 2.05) is 6.92 Å². The molecule has 0 radical (unpaired) electrons. The molecule has 1 unspecified atom stereocenters. The van der Waals surface area contributed by atoms with Gasteiger partial charge in [0, 0.05) is 19.7 Å². The summed E-state index contributed by atoms with van der Waals surface area (Å²) in [5.74, 6) is -0.152. The van der Waals surface area contributed by atoms with Gasteiger partial charge in [-0.2, -0.15) is 0 Å². The zero-order valence-electron chi connectivity index (χ0n) is 9.39. The molecule has 0 spiro atoms. The van der Waals surface area contributed by atoms with Gasteiger partial charge in [-0.1, -0.05) is 18.5 Å². The second kappa shape index (κ2) is 5.92. The molecule has 0 aliphatic heterocycles. The summed E-state index contributed by atoms with van der Waals surface area (Å²) in [5.41, 5.74) is 6.71. The number of nitrogen functional groups attached to an aromatic ring is 1. The van der Waals surface area contributed by atoms with Crippen LogP contribution in [-0.2, 0) is 4.74 Å². The summed E-state index contributed by atoms with van der Waals surface area (Å²) in [6, 6.07) is 2.71. The maximum atomic E-state index is 13.2. The van der Waals surface area contributed by atoms with Crippen LogP contribution in [0.5, 0.6) is 0 Å². The van der Waals surface area contributed by atoms with Crippen molar-refractivity contribution in [3.05, 3.63) is 23.0 Å². The topological polar surface area (TPSA) is 47.3 Å². The maximum Gasteiger partial charge on any atom is 0.143 e. The monoisotopic (exact) mass is 246 g/mol. The lowest BCUT2D eigenvalue weighted by atomic mass is 10.2. The van der Waals surface area contributed by atoms with E-state index in [2.05, 4.69) is 5.32 Å². The van der Waals surface area contributed by atoms with E-state index >= 15 is 0 Å². The minimum atomic E-state index is -0.474. The smallest absolute Gasteiger partial charge is 0.143 e. The van der Waals surface area contributed by atoms with Gasteiger partial charge in [0.25, 0.3) is 0 Å². The summed E-state index contributed by atoms with van der Waals surface area (Å²) in [7, 11) is 1.65. The predicted molar refractivity (Wildman–Crippen MR) is 65.4 cm³/mol. The molecule has 1 aromatic carbocycles. The number of rotatable bonds is 5. The number of nitrogens with two attached hydrogens (primary N) is 1. The van der Waals surface area contributed by atoms with Gasteiger partial charge in [0.1, 0.15) is 5.82 Å². The summed E-state index contributed by atoms with van der Waals surface area (Å²) >= 11 is 5.60. The Balaban J connectivity index is 2.63. The van der Waals surface area contributed by atoms with Crippen molar-refractivity contribution in [2.24, 2.45) is 5.92 Å². The first kappa shape index (κ1) is 13.1. The number of hydrogen-bond donors (Lipinski definition) is 2. The van der Waals surface area contributed by atoms with Crippen LogP contribution in [0.4, 0.5) is 15.8 Å². The summed E-state index contributed by atoms with van der Waals surface area (Å²) in [6.45, 7) is 3.33. The molecule has 0 saturated carbocycles. The van der Waals surface area contributed by atoms with Crippen molar-refractivity contribution in [2.45, 2.75) is 6.92 Å². The fourth-order valence-corrected chi connectivity index (χ4v) is 1.52. The third kappa shape index (κ3) is 3.54. The van der Waals surface area contributed by atoms with E-state index in [1.54, 1.807) is 7.11 Å². The van der Waals surface area contributed by atoms with E-state index in [9.17, 15) is 4.39 Å². The molecule has 0 fully saturated rings. The lowest BCUT2D eigenvalue weighted by Gasteiger charge is -2.14. The molecule has 16 heavy (non-hydrogen) atoms. The highest BCUT2D eigenvalue weighted by Crippen LogP contribution is 2.26. The van der Waals surface area contributed by atoms with Crippen LogP contribution in [-0.4, -0.2) is 20.3 Å². The van der Waals surface area contributed by atoms with E-state index in [-0.39, 0.29) is 5.02 Å². The molecule has 3 N–H and O–H groups in total. The average Bonchev–Trinajstić information content (AvgIpc) is 2.22. The van der Waals surface area contributed by atoms with Crippen LogP contribution < -0.4 is 11.1 Å². The standard InChI is InChI=1S/C11H16ClFN2O/c1-7(6-16-2)5-15-11-4-9(13)8(12)3-10(11)14/h3-4,7,15H,5-6,14H2,1-2H3. The molecule has 0 amide bonds. The van der Waals surface area contributed by atoms with E-state index in [4.69, 9.17) is 22.1 Å².